The smallest absolute Gasteiger partial charge is 0.417 e. The van der Waals surface area contributed by atoms with Gasteiger partial charge in [-0.05, 0) is 32.2 Å². The molecule has 9 nitrogen and oxygen atoms in total. The third kappa shape index (κ3) is 5.72. The fourth-order valence-electron chi connectivity index (χ4n) is 5.47. The summed E-state index contributed by atoms with van der Waals surface area (Å²) < 4.78 is 86.8. The van der Waals surface area contributed by atoms with Crippen LogP contribution in [0.4, 0.5) is 27.6 Å². The van der Waals surface area contributed by atoms with E-state index in [2.05, 4.69) is 15.6 Å². The Morgan fingerprint density at radius 1 is 1.17 bits per heavy atom. The Morgan fingerprint density at radius 2 is 1.88 bits per heavy atom. The summed E-state index contributed by atoms with van der Waals surface area (Å²) in [6, 6.07) is 4.14. The summed E-state index contributed by atoms with van der Waals surface area (Å²) in [6.07, 6.45) is -5.66. The molecule has 2 N–H and O–H groups in total. The number of aromatic nitrogens is 1. The van der Waals surface area contributed by atoms with Gasteiger partial charge < -0.3 is 29.7 Å². The first-order valence-electron chi connectivity index (χ1n) is 12.8. The summed E-state index contributed by atoms with van der Waals surface area (Å²) >= 11 is 0. The van der Waals surface area contributed by atoms with Gasteiger partial charge in [-0.2, -0.15) is 17.6 Å². The number of methoxy groups -OCH3 is 2. The van der Waals surface area contributed by atoms with Gasteiger partial charge in [-0.1, -0.05) is 13.0 Å². The quantitative estimate of drug-likeness (QED) is 0.479. The second kappa shape index (κ2) is 11.5. The van der Waals surface area contributed by atoms with Crippen LogP contribution >= 0.6 is 0 Å². The number of rotatable bonds is 7. The van der Waals surface area contributed by atoms with Gasteiger partial charge in [0.25, 0.3) is 11.8 Å². The predicted molar refractivity (Wildman–Crippen MR) is 137 cm³/mol. The van der Waals surface area contributed by atoms with Crippen molar-refractivity contribution in [1.82, 2.24) is 15.2 Å². The van der Waals surface area contributed by atoms with Crippen LogP contribution in [0.3, 0.4) is 0 Å². The first-order valence-corrected chi connectivity index (χ1v) is 12.8. The minimum absolute atomic E-state index is 0.0492. The Hall–Kier alpha value is -3.36. The van der Waals surface area contributed by atoms with Crippen LogP contribution in [-0.2, 0) is 14.3 Å². The van der Waals surface area contributed by atoms with E-state index in [9.17, 15) is 31.5 Å². The van der Waals surface area contributed by atoms with Crippen LogP contribution in [0.1, 0.15) is 35.8 Å². The van der Waals surface area contributed by atoms with Crippen LogP contribution in [0.25, 0.3) is 0 Å². The zero-order valence-electron chi connectivity index (χ0n) is 23.0. The van der Waals surface area contributed by atoms with Gasteiger partial charge in [0.05, 0.1) is 19.3 Å². The molecule has 4 rings (SSSR count). The van der Waals surface area contributed by atoms with Gasteiger partial charge in [0.15, 0.2) is 17.2 Å². The number of carbonyl (C=O) groups excluding carboxylic acids is 2. The van der Waals surface area contributed by atoms with E-state index in [4.69, 9.17) is 14.2 Å². The predicted octanol–water partition coefficient (Wildman–Crippen LogP) is 3.51. The lowest BCUT2D eigenvalue weighted by molar-refractivity contribution is -0.272. The van der Waals surface area contributed by atoms with Crippen molar-refractivity contribution in [3.63, 3.8) is 0 Å². The molecule has 1 aromatic heterocycles. The molecule has 0 unspecified atom stereocenters. The third-order valence-electron chi connectivity index (χ3n) is 7.90. The number of nitrogens with one attached hydrogen (secondary N) is 2. The van der Waals surface area contributed by atoms with Crippen molar-refractivity contribution in [2.45, 2.75) is 49.8 Å². The normalized spacial score (nSPS) is 28.5. The van der Waals surface area contributed by atoms with Crippen LogP contribution in [0.15, 0.2) is 30.5 Å². The zero-order chi connectivity index (χ0) is 30.3. The van der Waals surface area contributed by atoms with Crippen molar-refractivity contribution < 1.29 is 45.8 Å². The lowest BCUT2D eigenvalue weighted by Gasteiger charge is -2.32. The fourth-order valence-corrected chi connectivity index (χ4v) is 5.47. The molecule has 1 aromatic carbocycles. The molecule has 0 radical (unpaired) electrons. The maximum atomic E-state index is 14.6. The van der Waals surface area contributed by atoms with Gasteiger partial charge in [-0.25, -0.2) is 4.39 Å². The summed E-state index contributed by atoms with van der Waals surface area (Å²) in [6.45, 7) is 3.18. The van der Waals surface area contributed by atoms with Crippen LogP contribution in [0.5, 0.6) is 5.75 Å². The second-order valence-corrected chi connectivity index (χ2v) is 10.4. The molecule has 2 aliphatic heterocycles. The molecule has 2 saturated heterocycles. The Labute approximate surface area is 233 Å². The molecule has 41 heavy (non-hydrogen) atoms. The number of anilines is 1. The van der Waals surface area contributed by atoms with Gasteiger partial charge in [-0.3, -0.25) is 14.6 Å². The average molecular weight is 587 g/mol. The van der Waals surface area contributed by atoms with Crippen molar-refractivity contribution >= 4 is 17.5 Å². The van der Waals surface area contributed by atoms with Crippen molar-refractivity contribution in [1.29, 1.82) is 0 Å². The molecule has 2 fully saturated rings. The lowest BCUT2D eigenvalue weighted by atomic mass is 9.77. The van der Waals surface area contributed by atoms with E-state index in [1.54, 1.807) is 0 Å². The second-order valence-electron chi connectivity index (χ2n) is 10.4. The number of benzene rings is 1. The van der Waals surface area contributed by atoms with Gasteiger partial charge in [0.1, 0.15) is 11.8 Å². The molecule has 0 bridgehead atoms. The van der Waals surface area contributed by atoms with Crippen molar-refractivity contribution in [2.24, 2.45) is 5.92 Å². The highest BCUT2D eigenvalue weighted by molar-refractivity contribution is 5.98. The minimum Gasteiger partial charge on any atom is -0.493 e. The minimum atomic E-state index is -4.90. The number of hydrogen-bond donors (Lipinski definition) is 2. The number of likely N-dealkylation sites (tertiary alicyclic amines) is 1. The SMILES string of the molecule is COc1c([C@H]2[C@H](C(=O)Nc3ccnc(C(=O)N[C@H]4CN(C)C[C@@H]4OC)c3)O[C@@](C)(C(F)(F)F)[C@H]2C)ccc(F)c1F. The van der Waals surface area contributed by atoms with Gasteiger partial charge in [-0.15, -0.1) is 0 Å². The molecular formula is C27H31F5N4O5. The number of pyridine rings is 1. The highest BCUT2D eigenvalue weighted by atomic mass is 19.4. The molecule has 3 heterocycles. The van der Waals surface area contributed by atoms with Crippen LogP contribution in [0, 0.1) is 17.6 Å². The monoisotopic (exact) mass is 586 g/mol. The average Bonchev–Trinajstić information content (AvgIpc) is 3.41. The molecule has 0 spiro atoms. The Bertz CT molecular complexity index is 1310. The summed E-state index contributed by atoms with van der Waals surface area (Å²) in [4.78, 5) is 32.3. The topological polar surface area (TPSA) is 102 Å². The molecule has 2 aromatic rings. The molecule has 6 atom stereocenters. The summed E-state index contributed by atoms with van der Waals surface area (Å²) in [5.41, 5.74) is -2.94. The Kier molecular flexibility index (Phi) is 8.58. The van der Waals surface area contributed by atoms with Crippen molar-refractivity contribution in [2.75, 3.05) is 39.7 Å². The number of halogens is 5. The molecule has 2 aliphatic rings. The van der Waals surface area contributed by atoms with E-state index < -0.39 is 58.9 Å². The Balaban J connectivity index is 1.62. The van der Waals surface area contributed by atoms with E-state index in [1.807, 2.05) is 11.9 Å². The number of amides is 2. The Morgan fingerprint density at radius 3 is 2.51 bits per heavy atom. The van der Waals surface area contributed by atoms with Crippen LogP contribution < -0.4 is 15.4 Å². The fraction of sp³-hybridized carbons (Fsp3) is 0.519. The summed E-state index contributed by atoms with van der Waals surface area (Å²) in [7, 11) is 4.46. The highest BCUT2D eigenvalue weighted by Crippen LogP contribution is 2.55. The first kappa shape index (κ1) is 30.6. The van der Waals surface area contributed by atoms with E-state index in [1.165, 1.54) is 32.4 Å². The molecular weight excluding hydrogens is 555 g/mol. The number of carbonyl (C=O) groups is 2. The van der Waals surface area contributed by atoms with Crippen molar-refractivity contribution in [3.8, 4) is 5.75 Å². The van der Waals surface area contributed by atoms with Crippen LogP contribution in [0.2, 0.25) is 0 Å². The zero-order valence-corrected chi connectivity index (χ0v) is 23.0. The number of likely N-dealkylation sites (N-methyl/N-ethyl adjacent to an activating group) is 1. The number of alkyl halides is 3. The standard InChI is InChI=1S/C27H31F5N4O5/c1-13-20(15-6-7-16(28)21(29)22(15)40-5)23(41-26(13,2)27(30,31)32)25(38)34-14-8-9-33-17(10-14)24(37)35-18-11-36(3)12-19(18)39-4/h6-10,13,18-20,23H,11-12H2,1-5H3,(H,35,37)(H,33,34,38)/t13-,18-,19-,20-,23+,26+/m0/s1. The van der Waals surface area contributed by atoms with E-state index >= 15 is 0 Å². The van der Waals surface area contributed by atoms with Gasteiger partial charge >= 0.3 is 6.18 Å². The lowest BCUT2D eigenvalue weighted by Crippen LogP contribution is -2.47. The largest absolute Gasteiger partial charge is 0.493 e. The highest BCUT2D eigenvalue weighted by Gasteiger charge is 2.66. The third-order valence-corrected chi connectivity index (χ3v) is 7.90. The molecule has 0 aliphatic carbocycles. The van der Waals surface area contributed by atoms with E-state index in [-0.39, 0.29) is 29.1 Å². The molecule has 224 valence electrons. The molecule has 14 heteroatoms. The maximum Gasteiger partial charge on any atom is 0.417 e. The number of nitrogens with zero attached hydrogens (tertiary/aromatic N) is 2. The first-order chi connectivity index (χ1) is 19.2. The molecule has 0 saturated carbocycles. The van der Waals surface area contributed by atoms with Crippen LogP contribution in [-0.4, -0.2) is 86.1 Å². The van der Waals surface area contributed by atoms with E-state index in [0.717, 1.165) is 26.2 Å². The van der Waals surface area contributed by atoms with Crippen molar-refractivity contribution in [3.05, 3.63) is 53.4 Å². The van der Waals surface area contributed by atoms with Gasteiger partial charge in [0.2, 0.25) is 5.82 Å². The summed E-state index contributed by atoms with van der Waals surface area (Å²) in [5.74, 6) is -7.59. The molecule has 2 amide bonds. The maximum absolute atomic E-state index is 14.6. The van der Waals surface area contributed by atoms with E-state index in [0.29, 0.717) is 13.1 Å². The number of hydrogen-bond acceptors (Lipinski definition) is 7. The van der Waals surface area contributed by atoms with Gasteiger partial charge in [0, 0.05) is 49.5 Å². The summed E-state index contributed by atoms with van der Waals surface area (Å²) in [5, 5.41) is 5.32. The number of ether oxygens (including phenoxy) is 3.